The van der Waals surface area contributed by atoms with Crippen molar-refractivity contribution in [2.75, 3.05) is 0 Å². The third-order valence-electron chi connectivity index (χ3n) is 0.706. The van der Waals surface area contributed by atoms with Crippen LogP contribution in [0.3, 0.4) is 0 Å². The quantitative estimate of drug-likeness (QED) is 0.421. The van der Waals surface area contributed by atoms with Gasteiger partial charge in [0.15, 0.2) is 0 Å². The van der Waals surface area contributed by atoms with Gasteiger partial charge >= 0.3 is 29.6 Å². The first-order chi connectivity index (χ1) is 2.77. The van der Waals surface area contributed by atoms with E-state index in [1.807, 2.05) is 6.92 Å². The minimum absolute atomic E-state index is 0. The molecule has 0 heterocycles. The van der Waals surface area contributed by atoms with E-state index in [9.17, 15) is 0 Å². The Morgan fingerprint density at radius 1 is 1.71 bits per heavy atom. The normalized spacial score (nSPS) is 12.4. The van der Waals surface area contributed by atoms with Gasteiger partial charge in [-0.05, 0) is 13.3 Å². The van der Waals surface area contributed by atoms with Crippen LogP contribution >= 0.6 is 0 Å². The molecule has 2 heteroatoms. The zero-order valence-corrected chi connectivity index (χ0v) is 7.44. The Labute approximate surface area is 68.9 Å². The third kappa shape index (κ3) is 10.9. The van der Waals surface area contributed by atoms with Crippen LogP contribution in [0.4, 0.5) is 0 Å². The zero-order chi connectivity index (χ0) is 4.99. The molecule has 0 saturated carbocycles. The Morgan fingerprint density at radius 2 is 2.14 bits per heavy atom. The van der Waals surface area contributed by atoms with Gasteiger partial charge in [0.05, 0.1) is 6.10 Å². The molecule has 1 nitrogen and oxygen atoms in total. The van der Waals surface area contributed by atoms with Gasteiger partial charge in [-0.3, -0.25) is 0 Å². The van der Waals surface area contributed by atoms with Crippen LogP contribution in [0.15, 0.2) is 0 Å². The van der Waals surface area contributed by atoms with Crippen molar-refractivity contribution in [3.63, 3.8) is 0 Å². The van der Waals surface area contributed by atoms with Gasteiger partial charge in [0.1, 0.15) is 0 Å². The molecule has 0 aromatic carbocycles. The van der Waals surface area contributed by atoms with E-state index >= 15 is 0 Å². The van der Waals surface area contributed by atoms with Crippen LogP contribution in [0.1, 0.15) is 28.1 Å². The van der Waals surface area contributed by atoms with Gasteiger partial charge in [-0.15, -0.1) is 0 Å². The summed E-state index contributed by atoms with van der Waals surface area (Å²) < 4.78 is 0. The van der Waals surface area contributed by atoms with Crippen LogP contribution in [0, 0.1) is 0 Å². The molecule has 0 amide bonds. The first kappa shape index (κ1) is 10.9. The monoisotopic (exact) mass is 112 g/mol. The third-order valence-corrected chi connectivity index (χ3v) is 0.706. The zero-order valence-electron chi connectivity index (χ0n) is 6.44. The van der Waals surface area contributed by atoms with Crippen LogP contribution < -0.4 is 29.6 Å². The summed E-state index contributed by atoms with van der Waals surface area (Å²) in [7, 11) is 0. The van der Waals surface area contributed by atoms with E-state index in [1.165, 1.54) is 0 Å². The Kier molecular flexibility index (Phi) is 10.8. The molecule has 0 spiro atoms. The standard InChI is InChI=1S/C5H12O.Na.H/c1-3-4-5(2)6;;/h5-6H,3-4H2,1-2H3;;/q;+1;-1. The van der Waals surface area contributed by atoms with E-state index in [0.717, 1.165) is 12.8 Å². The molecule has 7 heavy (non-hydrogen) atoms. The first-order valence-electron chi connectivity index (χ1n) is 2.45. The second-order valence-electron chi connectivity index (χ2n) is 1.64. The average Bonchev–Trinajstić information content (AvgIpc) is 1.35. The molecule has 1 unspecified atom stereocenters. The largest absolute Gasteiger partial charge is 1.00 e. The molecule has 0 aromatic heterocycles. The van der Waals surface area contributed by atoms with Crippen molar-refractivity contribution in [2.45, 2.75) is 32.8 Å². The molecule has 0 aliphatic heterocycles. The molecule has 1 N–H and O–H groups in total. The summed E-state index contributed by atoms with van der Waals surface area (Å²) in [6.07, 6.45) is 1.91. The number of hydrogen-bond acceptors (Lipinski definition) is 1. The molecule has 0 radical (unpaired) electrons. The maximum Gasteiger partial charge on any atom is 1.00 e. The van der Waals surface area contributed by atoms with Gasteiger partial charge in [-0.2, -0.15) is 0 Å². The van der Waals surface area contributed by atoms with E-state index < -0.39 is 0 Å². The van der Waals surface area contributed by atoms with E-state index in [4.69, 9.17) is 5.11 Å². The molecule has 0 aliphatic carbocycles. The van der Waals surface area contributed by atoms with Crippen molar-refractivity contribution < 1.29 is 36.1 Å². The molecule has 0 aliphatic rings. The van der Waals surface area contributed by atoms with Crippen molar-refractivity contribution in [1.82, 2.24) is 0 Å². The van der Waals surface area contributed by atoms with E-state index in [2.05, 4.69) is 6.92 Å². The van der Waals surface area contributed by atoms with E-state index in [0.29, 0.717) is 0 Å². The topological polar surface area (TPSA) is 20.2 Å². The molecular formula is C5H13NaO. The van der Waals surface area contributed by atoms with Crippen molar-refractivity contribution in [3.8, 4) is 0 Å². The molecule has 40 valence electrons. The van der Waals surface area contributed by atoms with Gasteiger partial charge in [0, 0.05) is 0 Å². The summed E-state index contributed by atoms with van der Waals surface area (Å²) in [6, 6.07) is 0. The molecule has 0 fully saturated rings. The maximum absolute atomic E-state index is 8.55. The van der Waals surface area contributed by atoms with Gasteiger partial charge < -0.3 is 6.53 Å². The fraction of sp³-hybridized carbons (Fsp3) is 1.00. The fourth-order valence-electron chi connectivity index (χ4n) is 0.418. The predicted octanol–water partition coefficient (Wildman–Crippen LogP) is -1.72. The second kappa shape index (κ2) is 6.96. The number of aliphatic hydroxyl groups excluding tert-OH is 1. The second-order valence-corrected chi connectivity index (χ2v) is 1.64. The average molecular weight is 112 g/mol. The summed E-state index contributed by atoms with van der Waals surface area (Å²) in [4.78, 5) is 0. The van der Waals surface area contributed by atoms with Crippen molar-refractivity contribution in [2.24, 2.45) is 0 Å². The smallest absolute Gasteiger partial charge is 1.00 e. The molecular weight excluding hydrogens is 99.0 g/mol. The summed E-state index contributed by atoms with van der Waals surface area (Å²) in [5.41, 5.74) is 0. The molecule has 0 saturated heterocycles. The van der Waals surface area contributed by atoms with Gasteiger partial charge in [-0.25, -0.2) is 0 Å². The van der Waals surface area contributed by atoms with Crippen molar-refractivity contribution in [1.29, 1.82) is 0 Å². The summed E-state index contributed by atoms with van der Waals surface area (Å²) in [5.74, 6) is 0. The Balaban J connectivity index is -0.000000125. The molecule has 0 rings (SSSR count). The first-order valence-corrected chi connectivity index (χ1v) is 2.45. The van der Waals surface area contributed by atoms with Gasteiger partial charge in [0.2, 0.25) is 0 Å². The van der Waals surface area contributed by atoms with Crippen LogP contribution in [-0.2, 0) is 0 Å². The Morgan fingerprint density at radius 3 is 2.14 bits per heavy atom. The fourth-order valence-corrected chi connectivity index (χ4v) is 0.418. The minimum atomic E-state index is -0.102. The molecule has 0 bridgehead atoms. The van der Waals surface area contributed by atoms with Gasteiger partial charge in [-0.1, -0.05) is 13.3 Å². The van der Waals surface area contributed by atoms with Crippen molar-refractivity contribution in [3.05, 3.63) is 0 Å². The van der Waals surface area contributed by atoms with E-state index in [-0.39, 0.29) is 37.1 Å². The van der Waals surface area contributed by atoms with Crippen LogP contribution in [0.5, 0.6) is 0 Å². The Bertz CT molecular complexity index is 33.6. The minimum Gasteiger partial charge on any atom is -1.00 e. The summed E-state index contributed by atoms with van der Waals surface area (Å²) in [6.45, 7) is 3.87. The molecule has 0 aromatic rings. The van der Waals surface area contributed by atoms with Crippen molar-refractivity contribution >= 4 is 0 Å². The number of aliphatic hydroxyl groups is 1. The SMILES string of the molecule is CCCC(C)O.[H-].[Na+]. The summed E-state index contributed by atoms with van der Waals surface area (Å²) in [5, 5.41) is 8.55. The van der Waals surface area contributed by atoms with Gasteiger partial charge in [0.25, 0.3) is 0 Å². The Hall–Kier alpha value is 0.960. The number of rotatable bonds is 2. The predicted molar refractivity (Wildman–Crippen MR) is 27.7 cm³/mol. The maximum atomic E-state index is 8.55. The number of hydrogen-bond donors (Lipinski definition) is 1. The summed E-state index contributed by atoms with van der Waals surface area (Å²) >= 11 is 0. The van der Waals surface area contributed by atoms with Crippen LogP contribution in [-0.4, -0.2) is 11.2 Å². The molecule has 1 atom stereocenters. The van der Waals surface area contributed by atoms with Crippen LogP contribution in [0.25, 0.3) is 0 Å². The van der Waals surface area contributed by atoms with Crippen LogP contribution in [0.2, 0.25) is 0 Å². The van der Waals surface area contributed by atoms with E-state index in [1.54, 1.807) is 0 Å².